The van der Waals surface area contributed by atoms with Crippen molar-refractivity contribution in [2.75, 3.05) is 0 Å². The zero-order valence-corrected chi connectivity index (χ0v) is 30.1. The third-order valence-electron chi connectivity index (χ3n) is 11.6. The van der Waals surface area contributed by atoms with Gasteiger partial charge in [0.05, 0.1) is 22.4 Å². The summed E-state index contributed by atoms with van der Waals surface area (Å²) in [6, 6.07) is 63.5. The van der Waals surface area contributed by atoms with Crippen molar-refractivity contribution in [3.8, 4) is 50.7 Å². The molecule has 3 nitrogen and oxygen atoms in total. The van der Waals surface area contributed by atoms with E-state index in [1.165, 1.54) is 65.6 Å². The zero-order chi connectivity index (χ0) is 36.0. The Morgan fingerprint density at radius 1 is 0.426 bits per heavy atom. The third-order valence-corrected chi connectivity index (χ3v) is 11.6. The second kappa shape index (κ2) is 11.6. The minimum atomic E-state index is -0.140. The van der Waals surface area contributed by atoms with Crippen LogP contribution in [0.4, 0.5) is 0 Å². The average Bonchev–Trinajstić information content (AvgIpc) is 3.68. The van der Waals surface area contributed by atoms with E-state index >= 15 is 0 Å². The number of aromatic nitrogens is 3. The highest BCUT2D eigenvalue weighted by Crippen LogP contribution is 2.53. The van der Waals surface area contributed by atoms with Crippen molar-refractivity contribution < 1.29 is 0 Å². The summed E-state index contributed by atoms with van der Waals surface area (Å²) in [5.41, 5.74) is 13.7. The zero-order valence-electron chi connectivity index (χ0n) is 30.1. The van der Waals surface area contributed by atoms with Crippen molar-refractivity contribution in [2.24, 2.45) is 0 Å². The van der Waals surface area contributed by atoms with E-state index < -0.39 is 0 Å². The van der Waals surface area contributed by atoms with Crippen molar-refractivity contribution in [1.29, 1.82) is 0 Å². The number of hydrogen-bond acceptors (Lipinski definition) is 2. The standard InChI is InChI=1S/C51H35N3/c1-51(2)43-20-12-19-41(49(43)42-29-33-15-6-7-16-34(33)30-44(42)51)46-31-45(52-50(53-46)32-13-4-3-5-14-32)37-24-23-36-28-38(26-25-35(36)27-37)54-47-21-10-8-17-39(47)40-18-9-11-22-48(40)54/h3-31H,1-2H3. The van der Waals surface area contributed by atoms with Gasteiger partial charge in [0.25, 0.3) is 0 Å². The van der Waals surface area contributed by atoms with Gasteiger partial charge in [0.2, 0.25) is 0 Å². The van der Waals surface area contributed by atoms with Crippen LogP contribution >= 0.6 is 0 Å². The van der Waals surface area contributed by atoms with Crippen LogP contribution in [0, 0.1) is 0 Å². The number of para-hydroxylation sites is 2. The number of benzene rings is 8. The van der Waals surface area contributed by atoms with Crippen LogP contribution in [0.5, 0.6) is 0 Å². The van der Waals surface area contributed by atoms with Gasteiger partial charge in [-0.3, -0.25) is 0 Å². The molecule has 1 aliphatic carbocycles. The van der Waals surface area contributed by atoms with Crippen molar-refractivity contribution in [3.63, 3.8) is 0 Å². The van der Waals surface area contributed by atoms with Crippen LogP contribution in [-0.4, -0.2) is 14.5 Å². The number of hydrogen-bond donors (Lipinski definition) is 0. The quantitative estimate of drug-likeness (QED) is 0.184. The van der Waals surface area contributed by atoms with Gasteiger partial charge in [-0.15, -0.1) is 0 Å². The van der Waals surface area contributed by atoms with Crippen LogP contribution in [-0.2, 0) is 5.41 Å². The maximum Gasteiger partial charge on any atom is 0.160 e. The third kappa shape index (κ3) is 4.61. The molecule has 0 amide bonds. The fourth-order valence-corrected chi connectivity index (χ4v) is 8.87. The minimum Gasteiger partial charge on any atom is -0.309 e. The SMILES string of the molecule is CC1(C)c2cc3ccccc3cc2-c2c(-c3cc(-c4ccc5cc(-n6c7ccccc7c7ccccc76)ccc5c4)nc(-c4ccccc4)n3)cccc21. The van der Waals surface area contributed by atoms with Gasteiger partial charge in [-0.1, -0.05) is 141 Å². The Morgan fingerprint density at radius 3 is 1.83 bits per heavy atom. The lowest BCUT2D eigenvalue weighted by atomic mass is 9.81. The second-order valence-corrected chi connectivity index (χ2v) is 15.0. The Balaban J connectivity index is 1.08. The molecule has 0 fully saturated rings. The van der Waals surface area contributed by atoms with Crippen LogP contribution < -0.4 is 0 Å². The van der Waals surface area contributed by atoms with Gasteiger partial charge in [-0.2, -0.15) is 0 Å². The van der Waals surface area contributed by atoms with E-state index in [-0.39, 0.29) is 5.41 Å². The Labute approximate surface area is 313 Å². The molecule has 254 valence electrons. The molecule has 0 N–H and O–H groups in total. The maximum atomic E-state index is 5.30. The summed E-state index contributed by atoms with van der Waals surface area (Å²) in [5, 5.41) is 7.40. The highest BCUT2D eigenvalue weighted by atomic mass is 15.0. The Kier molecular flexibility index (Phi) is 6.60. The number of rotatable bonds is 4. The van der Waals surface area contributed by atoms with E-state index in [2.05, 4.69) is 188 Å². The van der Waals surface area contributed by atoms with E-state index in [0.29, 0.717) is 0 Å². The van der Waals surface area contributed by atoms with Gasteiger partial charge >= 0.3 is 0 Å². The van der Waals surface area contributed by atoms with Crippen molar-refractivity contribution >= 4 is 43.4 Å². The average molecular weight is 690 g/mol. The van der Waals surface area contributed by atoms with E-state index in [1.54, 1.807) is 0 Å². The van der Waals surface area contributed by atoms with E-state index in [9.17, 15) is 0 Å². The largest absolute Gasteiger partial charge is 0.309 e. The summed E-state index contributed by atoms with van der Waals surface area (Å²) >= 11 is 0. The summed E-state index contributed by atoms with van der Waals surface area (Å²) in [7, 11) is 0. The molecule has 0 saturated carbocycles. The Bertz CT molecular complexity index is 3080. The van der Waals surface area contributed by atoms with Gasteiger partial charge in [0.1, 0.15) is 0 Å². The first-order valence-corrected chi connectivity index (χ1v) is 18.7. The normalized spacial score (nSPS) is 13.1. The molecular formula is C51H35N3. The molecule has 1 aliphatic rings. The Hall–Kier alpha value is -6.84. The summed E-state index contributed by atoms with van der Waals surface area (Å²) in [5.74, 6) is 0.721. The highest BCUT2D eigenvalue weighted by Gasteiger charge is 2.37. The predicted octanol–water partition coefficient (Wildman–Crippen LogP) is 13.2. The molecule has 0 atom stereocenters. The molecule has 2 aromatic heterocycles. The minimum absolute atomic E-state index is 0.140. The molecule has 8 aromatic carbocycles. The molecule has 2 heterocycles. The van der Waals surface area contributed by atoms with E-state index in [0.717, 1.165) is 39.6 Å². The molecule has 0 saturated heterocycles. The van der Waals surface area contributed by atoms with Gasteiger partial charge in [0.15, 0.2) is 5.82 Å². The van der Waals surface area contributed by atoms with Crippen LogP contribution in [0.25, 0.3) is 94.1 Å². The molecule has 3 heteroatoms. The van der Waals surface area contributed by atoms with E-state index in [4.69, 9.17) is 9.97 Å². The maximum absolute atomic E-state index is 5.30. The number of fused-ring (bicyclic) bond motifs is 8. The van der Waals surface area contributed by atoms with Crippen molar-refractivity contribution in [3.05, 3.63) is 187 Å². The van der Waals surface area contributed by atoms with Gasteiger partial charge in [-0.25, -0.2) is 9.97 Å². The lowest BCUT2D eigenvalue weighted by Gasteiger charge is -2.22. The molecule has 0 bridgehead atoms. The van der Waals surface area contributed by atoms with Crippen LogP contribution in [0.1, 0.15) is 25.0 Å². The van der Waals surface area contributed by atoms with Crippen molar-refractivity contribution in [2.45, 2.75) is 19.3 Å². The summed E-state index contributed by atoms with van der Waals surface area (Å²) in [4.78, 5) is 10.5. The summed E-state index contributed by atoms with van der Waals surface area (Å²) in [6.45, 7) is 4.69. The number of nitrogens with zero attached hydrogens (tertiary/aromatic N) is 3. The monoisotopic (exact) mass is 689 g/mol. The topological polar surface area (TPSA) is 30.7 Å². The Morgan fingerprint density at radius 2 is 1.06 bits per heavy atom. The lowest BCUT2D eigenvalue weighted by molar-refractivity contribution is 0.661. The first-order valence-electron chi connectivity index (χ1n) is 18.7. The molecule has 0 aliphatic heterocycles. The predicted molar refractivity (Wildman–Crippen MR) is 225 cm³/mol. The molecule has 0 unspecified atom stereocenters. The lowest BCUT2D eigenvalue weighted by Crippen LogP contribution is -2.14. The van der Waals surface area contributed by atoms with Crippen molar-refractivity contribution in [1.82, 2.24) is 14.5 Å². The first-order chi connectivity index (χ1) is 26.5. The van der Waals surface area contributed by atoms with E-state index in [1.807, 2.05) is 6.07 Å². The van der Waals surface area contributed by atoms with Gasteiger partial charge in [-0.05, 0) is 92.3 Å². The summed E-state index contributed by atoms with van der Waals surface area (Å²) < 4.78 is 2.38. The van der Waals surface area contributed by atoms with Gasteiger partial charge < -0.3 is 4.57 Å². The fraction of sp³-hybridized carbons (Fsp3) is 0.0588. The molecule has 0 spiro atoms. The summed E-state index contributed by atoms with van der Waals surface area (Å²) in [6.07, 6.45) is 0. The molecule has 54 heavy (non-hydrogen) atoms. The van der Waals surface area contributed by atoms with Crippen LogP contribution in [0.2, 0.25) is 0 Å². The molecular weight excluding hydrogens is 655 g/mol. The van der Waals surface area contributed by atoms with Gasteiger partial charge in [0, 0.05) is 38.6 Å². The molecule has 0 radical (unpaired) electrons. The second-order valence-electron chi connectivity index (χ2n) is 15.0. The smallest absolute Gasteiger partial charge is 0.160 e. The van der Waals surface area contributed by atoms with Crippen LogP contribution in [0.15, 0.2) is 176 Å². The molecule has 10 aromatic rings. The molecule has 11 rings (SSSR count). The fourth-order valence-electron chi connectivity index (χ4n) is 8.87. The van der Waals surface area contributed by atoms with Crippen LogP contribution in [0.3, 0.4) is 0 Å². The first kappa shape index (κ1) is 30.8. The highest BCUT2D eigenvalue weighted by molar-refractivity contribution is 6.09.